The molecule has 1 amide bonds. The highest BCUT2D eigenvalue weighted by molar-refractivity contribution is 5.94. The molecule has 0 unspecified atom stereocenters. The van der Waals surface area contributed by atoms with Crippen molar-refractivity contribution in [2.24, 2.45) is 0 Å². The van der Waals surface area contributed by atoms with Crippen LogP contribution in [-0.2, 0) is 0 Å². The number of rotatable bonds is 4. The molecule has 1 aromatic carbocycles. The summed E-state index contributed by atoms with van der Waals surface area (Å²) in [6.07, 6.45) is 0.735. The van der Waals surface area contributed by atoms with E-state index < -0.39 is 0 Å². The Morgan fingerprint density at radius 3 is 2.89 bits per heavy atom. The fourth-order valence-electron chi connectivity index (χ4n) is 1.49. The van der Waals surface area contributed by atoms with E-state index in [2.05, 4.69) is 11.8 Å². The van der Waals surface area contributed by atoms with Gasteiger partial charge in [-0.1, -0.05) is 17.9 Å². The Morgan fingerprint density at radius 2 is 2.21 bits per heavy atom. The number of hydrogen-bond donors (Lipinski definition) is 1. The summed E-state index contributed by atoms with van der Waals surface area (Å²) in [5, 5.41) is 17.2. The Bertz CT molecular complexity index is 535. The molecule has 0 aliphatic heterocycles. The summed E-state index contributed by atoms with van der Waals surface area (Å²) in [5.41, 5.74) is 1.30. The van der Waals surface area contributed by atoms with Crippen LogP contribution in [0.15, 0.2) is 24.3 Å². The van der Waals surface area contributed by atoms with Crippen molar-refractivity contribution in [3.8, 4) is 17.9 Å². The Hall–Kier alpha value is -2.30. The third-order valence-corrected chi connectivity index (χ3v) is 2.48. The van der Waals surface area contributed by atoms with Crippen LogP contribution >= 0.6 is 0 Å². The third-order valence-electron chi connectivity index (χ3n) is 2.48. The molecule has 0 aromatic heterocycles. The highest BCUT2D eigenvalue weighted by atomic mass is 16.2. The van der Waals surface area contributed by atoms with E-state index in [1.807, 2.05) is 12.1 Å². The van der Waals surface area contributed by atoms with E-state index in [0.717, 1.165) is 5.56 Å². The van der Waals surface area contributed by atoms with Gasteiger partial charge in [-0.25, -0.2) is 0 Å². The van der Waals surface area contributed by atoms with E-state index in [-0.39, 0.29) is 12.5 Å². The zero-order valence-electron chi connectivity index (χ0n) is 10.9. The molecule has 4 nitrogen and oxygen atoms in total. The van der Waals surface area contributed by atoms with Crippen LogP contribution in [0.5, 0.6) is 0 Å². The van der Waals surface area contributed by atoms with Gasteiger partial charge in [-0.2, -0.15) is 5.26 Å². The average Bonchev–Trinajstić information content (AvgIpc) is 2.44. The second-order valence-corrected chi connectivity index (χ2v) is 3.99. The van der Waals surface area contributed by atoms with E-state index in [9.17, 15) is 4.79 Å². The molecule has 0 saturated carbocycles. The van der Waals surface area contributed by atoms with Crippen LogP contribution in [-0.4, -0.2) is 36.1 Å². The van der Waals surface area contributed by atoms with Gasteiger partial charge < -0.3 is 10.0 Å². The fourth-order valence-corrected chi connectivity index (χ4v) is 1.49. The number of amides is 1. The number of aliphatic hydroxyl groups is 1. The quantitative estimate of drug-likeness (QED) is 0.828. The normalized spacial score (nSPS) is 9.11. The monoisotopic (exact) mass is 256 g/mol. The van der Waals surface area contributed by atoms with E-state index in [1.165, 1.54) is 4.90 Å². The number of nitriles is 1. The van der Waals surface area contributed by atoms with E-state index in [4.69, 9.17) is 10.4 Å². The Morgan fingerprint density at radius 1 is 1.42 bits per heavy atom. The van der Waals surface area contributed by atoms with Crippen LogP contribution in [0.1, 0.15) is 28.8 Å². The van der Waals surface area contributed by atoms with Gasteiger partial charge in [-0.3, -0.25) is 4.79 Å². The van der Waals surface area contributed by atoms with Gasteiger partial charge in [0.25, 0.3) is 5.91 Å². The molecule has 0 fully saturated rings. The van der Waals surface area contributed by atoms with E-state index in [0.29, 0.717) is 24.9 Å². The van der Waals surface area contributed by atoms with Crippen molar-refractivity contribution in [3.05, 3.63) is 35.4 Å². The second-order valence-electron chi connectivity index (χ2n) is 3.99. The van der Waals surface area contributed by atoms with Gasteiger partial charge in [-0.15, -0.1) is 0 Å². The largest absolute Gasteiger partial charge is 0.395 e. The third kappa shape index (κ3) is 4.83. The van der Waals surface area contributed by atoms with Crippen molar-refractivity contribution < 1.29 is 9.90 Å². The minimum Gasteiger partial charge on any atom is -0.395 e. The molecule has 0 spiro atoms. The molecule has 1 rings (SSSR count). The maximum atomic E-state index is 12.1. The smallest absolute Gasteiger partial charge is 0.253 e. The zero-order chi connectivity index (χ0) is 14.1. The highest BCUT2D eigenvalue weighted by Gasteiger charge is 2.10. The van der Waals surface area contributed by atoms with Gasteiger partial charge >= 0.3 is 0 Å². The molecule has 0 bridgehead atoms. The maximum Gasteiger partial charge on any atom is 0.253 e. The number of aliphatic hydroxyl groups excluding tert-OH is 1. The fraction of sp³-hybridized carbons (Fsp3) is 0.333. The molecular formula is C15H16N2O2. The second kappa shape index (κ2) is 7.92. The number of nitrogens with zero attached hydrogens (tertiary/aromatic N) is 2. The molecule has 4 heteroatoms. The summed E-state index contributed by atoms with van der Waals surface area (Å²) in [6, 6.07) is 9.04. The molecule has 1 N–H and O–H groups in total. The van der Waals surface area contributed by atoms with Crippen molar-refractivity contribution in [3.63, 3.8) is 0 Å². The number of carbonyl (C=O) groups excluding carboxylic acids is 1. The molecule has 98 valence electrons. The molecule has 0 radical (unpaired) electrons. The van der Waals surface area contributed by atoms with Gasteiger partial charge in [0.05, 0.1) is 19.1 Å². The summed E-state index contributed by atoms with van der Waals surface area (Å²) in [6.45, 7) is 0.443. The van der Waals surface area contributed by atoms with E-state index in [1.54, 1.807) is 25.2 Å². The van der Waals surface area contributed by atoms with Gasteiger partial charge in [0.1, 0.15) is 0 Å². The van der Waals surface area contributed by atoms with Gasteiger partial charge in [0.2, 0.25) is 0 Å². The predicted molar refractivity (Wildman–Crippen MR) is 72.2 cm³/mol. The van der Waals surface area contributed by atoms with Crippen LogP contribution in [0.25, 0.3) is 0 Å². The predicted octanol–water partition coefficient (Wildman–Crippen LogP) is 1.41. The van der Waals surface area contributed by atoms with Crippen molar-refractivity contribution in [1.82, 2.24) is 4.90 Å². The van der Waals surface area contributed by atoms with E-state index >= 15 is 0 Å². The molecule has 0 aliphatic rings. The standard InChI is InChI=1S/C15H16N2O2/c1-17(10-5-9-16)15(19)14-8-4-7-13(12-14)6-2-3-11-18/h4,7-8,12,18H,3,5,10-11H2,1H3. The van der Waals surface area contributed by atoms with Gasteiger partial charge in [0.15, 0.2) is 0 Å². The summed E-state index contributed by atoms with van der Waals surface area (Å²) in [5.74, 6) is 5.58. The van der Waals surface area contributed by atoms with Crippen molar-refractivity contribution in [1.29, 1.82) is 5.26 Å². The van der Waals surface area contributed by atoms with Crippen LogP contribution in [0.2, 0.25) is 0 Å². The SMILES string of the molecule is CN(CCC#N)C(=O)c1cccc(C#CCCO)c1. The number of hydrogen-bond acceptors (Lipinski definition) is 3. The lowest BCUT2D eigenvalue weighted by atomic mass is 10.1. The van der Waals surface area contributed by atoms with Gasteiger partial charge in [0, 0.05) is 31.1 Å². The molecule has 0 atom stereocenters. The van der Waals surface area contributed by atoms with Crippen molar-refractivity contribution >= 4 is 5.91 Å². The minimum absolute atomic E-state index is 0.0303. The Balaban J connectivity index is 2.79. The Kier molecular flexibility index (Phi) is 6.15. The lowest BCUT2D eigenvalue weighted by Crippen LogP contribution is -2.27. The summed E-state index contributed by atoms with van der Waals surface area (Å²) in [4.78, 5) is 13.6. The van der Waals surface area contributed by atoms with Crippen LogP contribution in [0.3, 0.4) is 0 Å². The Labute approximate surface area is 113 Å². The first-order valence-electron chi connectivity index (χ1n) is 6.01. The summed E-state index contributed by atoms with van der Waals surface area (Å²) in [7, 11) is 1.67. The summed E-state index contributed by atoms with van der Waals surface area (Å²) >= 11 is 0. The number of benzene rings is 1. The zero-order valence-corrected chi connectivity index (χ0v) is 10.9. The molecule has 0 saturated heterocycles. The van der Waals surface area contributed by atoms with Crippen LogP contribution < -0.4 is 0 Å². The van der Waals surface area contributed by atoms with Crippen LogP contribution in [0.4, 0.5) is 0 Å². The van der Waals surface area contributed by atoms with Crippen molar-refractivity contribution in [2.75, 3.05) is 20.2 Å². The lowest BCUT2D eigenvalue weighted by molar-refractivity contribution is 0.0798. The van der Waals surface area contributed by atoms with Crippen LogP contribution in [0, 0.1) is 23.2 Å². The molecule has 1 aromatic rings. The molecule has 0 heterocycles. The minimum atomic E-state index is -0.124. The molecule has 19 heavy (non-hydrogen) atoms. The first-order valence-corrected chi connectivity index (χ1v) is 6.01. The highest BCUT2D eigenvalue weighted by Crippen LogP contribution is 2.07. The maximum absolute atomic E-state index is 12.1. The molecule has 0 aliphatic carbocycles. The summed E-state index contributed by atoms with van der Waals surface area (Å²) < 4.78 is 0. The molecular weight excluding hydrogens is 240 g/mol. The van der Waals surface area contributed by atoms with Crippen molar-refractivity contribution in [2.45, 2.75) is 12.8 Å². The number of carbonyl (C=O) groups is 1. The topological polar surface area (TPSA) is 64.3 Å². The average molecular weight is 256 g/mol. The lowest BCUT2D eigenvalue weighted by Gasteiger charge is -2.15. The first kappa shape index (κ1) is 14.8. The first-order chi connectivity index (χ1) is 9.19. The van der Waals surface area contributed by atoms with Gasteiger partial charge in [-0.05, 0) is 18.2 Å².